The Morgan fingerprint density at radius 1 is 1.24 bits per heavy atom. The van der Waals surface area contributed by atoms with Crippen molar-refractivity contribution in [1.29, 1.82) is 0 Å². The Morgan fingerprint density at radius 3 is 2.91 bits per heavy atom. The summed E-state index contributed by atoms with van der Waals surface area (Å²) < 4.78 is 17.0. The van der Waals surface area contributed by atoms with Gasteiger partial charge in [-0.2, -0.15) is 0 Å². The summed E-state index contributed by atoms with van der Waals surface area (Å²) in [6.07, 6.45) is 14.3. The highest BCUT2D eigenvalue weighted by Crippen LogP contribution is 2.36. The molecule has 2 aromatic rings. The number of carbonyl (C=O) groups is 1. The Kier molecular flexibility index (Phi) is 6.24. The predicted octanol–water partition coefficient (Wildman–Crippen LogP) is 3.69. The van der Waals surface area contributed by atoms with E-state index in [1.165, 1.54) is 6.26 Å². The molecule has 7 nitrogen and oxygen atoms in total. The molecule has 0 radical (unpaired) electrons. The van der Waals surface area contributed by atoms with Crippen molar-refractivity contribution in [2.45, 2.75) is 12.5 Å². The molecule has 2 aliphatic heterocycles. The van der Waals surface area contributed by atoms with Crippen LogP contribution in [-0.4, -0.2) is 66.6 Å². The van der Waals surface area contributed by atoms with Gasteiger partial charge in [-0.25, -0.2) is 4.98 Å². The molecule has 1 atom stereocenters. The average molecular weight is 446 g/mol. The fourth-order valence-electron chi connectivity index (χ4n) is 4.38. The third kappa shape index (κ3) is 4.55. The van der Waals surface area contributed by atoms with Crippen molar-refractivity contribution >= 4 is 11.5 Å². The molecule has 33 heavy (non-hydrogen) atoms. The van der Waals surface area contributed by atoms with Gasteiger partial charge in [-0.1, -0.05) is 18.2 Å². The van der Waals surface area contributed by atoms with Gasteiger partial charge in [0.1, 0.15) is 11.9 Å². The van der Waals surface area contributed by atoms with Crippen molar-refractivity contribution in [3.63, 3.8) is 0 Å². The normalized spacial score (nSPS) is 21.5. The van der Waals surface area contributed by atoms with Crippen LogP contribution in [0.15, 0.2) is 82.9 Å². The topological polar surface area (TPSA) is 68.0 Å². The van der Waals surface area contributed by atoms with Crippen LogP contribution in [0.4, 0.5) is 0 Å². The van der Waals surface area contributed by atoms with Gasteiger partial charge >= 0.3 is 0 Å². The minimum atomic E-state index is -0.150. The molecule has 0 aromatic carbocycles. The van der Waals surface area contributed by atoms with Gasteiger partial charge in [0.2, 0.25) is 5.88 Å². The summed E-state index contributed by atoms with van der Waals surface area (Å²) in [4.78, 5) is 21.2. The summed E-state index contributed by atoms with van der Waals surface area (Å²) in [5.74, 6) is 1.75. The predicted molar refractivity (Wildman–Crippen MR) is 125 cm³/mol. The fourth-order valence-corrected chi connectivity index (χ4v) is 4.38. The van der Waals surface area contributed by atoms with Crippen LogP contribution in [-0.2, 0) is 4.74 Å². The van der Waals surface area contributed by atoms with Gasteiger partial charge in [0.05, 0.1) is 6.26 Å². The largest absolute Gasteiger partial charge is 0.459 e. The van der Waals surface area contributed by atoms with E-state index in [0.717, 1.165) is 48.5 Å². The monoisotopic (exact) mass is 445 g/mol. The summed E-state index contributed by atoms with van der Waals surface area (Å²) >= 11 is 0. The number of hydrogen-bond donors (Lipinski definition) is 0. The lowest BCUT2D eigenvalue weighted by molar-refractivity contribution is 0.0608. The first-order valence-corrected chi connectivity index (χ1v) is 11.2. The number of methoxy groups -OCH3 is 1. The lowest BCUT2D eigenvalue weighted by Crippen LogP contribution is -2.48. The highest BCUT2D eigenvalue weighted by molar-refractivity contribution is 5.91. The minimum Gasteiger partial charge on any atom is -0.459 e. The summed E-state index contributed by atoms with van der Waals surface area (Å²) in [5.41, 5.74) is 3.05. The maximum Gasteiger partial charge on any atom is 0.289 e. The SMILES string of the molecule is COC1C=CC=C2Oc3ncccc3C(=CCCN3CCN(C(=O)c4ccco4)CC3)C=C21. The molecule has 0 saturated carbocycles. The van der Waals surface area contributed by atoms with E-state index in [1.54, 1.807) is 25.4 Å². The molecule has 2 aromatic heterocycles. The molecule has 0 spiro atoms. The molecule has 4 heterocycles. The maximum atomic E-state index is 12.5. The van der Waals surface area contributed by atoms with E-state index in [-0.39, 0.29) is 12.0 Å². The van der Waals surface area contributed by atoms with E-state index < -0.39 is 0 Å². The summed E-state index contributed by atoms with van der Waals surface area (Å²) in [6.45, 7) is 4.03. The first-order chi connectivity index (χ1) is 16.2. The van der Waals surface area contributed by atoms with Gasteiger partial charge in [-0.05, 0) is 48.4 Å². The second kappa shape index (κ2) is 9.60. The van der Waals surface area contributed by atoms with Gasteiger partial charge in [0.15, 0.2) is 5.76 Å². The highest BCUT2D eigenvalue weighted by atomic mass is 16.5. The molecular weight excluding hydrogens is 418 g/mol. The summed E-state index contributed by atoms with van der Waals surface area (Å²) in [6, 6.07) is 7.43. The zero-order valence-electron chi connectivity index (χ0n) is 18.6. The summed E-state index contributed by atoms with van der Waals surface area (Å²) in [5, 5.41) is 0. The standard InChI is InChI=1S/C26H27N3O4/c1-31-22-8-2-9-23-21(22)18-19(20-7-3-11-27-25(20)33-23)6-4-12-28-13-15-29(16-14-28)26(30)24-10-5-17-32-24/h2-3,5-11,17-18,22H,4,12-16H2,1H3. The zero-order valence-corrected chi connectivity index (χ0v) is 18.6. The van der Waals surface area contributed by atoms with E-state index in [4.69, 9.17) is 13.9 Å². The number of piperazine rings is 1. The lowest BCUT2D eigenvalue weighted by atomic mass is 9.97. The molecule has 1 fully saturated rings. The van der Waals surface area contributed by atoms with Crippen LogP contribution in [0.5, 0.6) is 5.88 Å². The number of carbonyl (C=O) groups excluding carboxylic acids is 1. The number of amides is 1. The smallest absolute Gasteiger partial charge is 0.289 e. The van der Waals surface area contributed by atoms with E-state index in [1.807, 2.05) is 35.3 Å². The Bertz CT molecular complexity index is 1120. The van der Waals surface area contributed by atoms with E-state index >= 15 is 0 Å². The molecule has 170 valence electrons. The number of aromatic nitrogens is 1. The van der Waals surface area contributed by atoms with Crippen LogP contribution < -0.4 is 4.74 Å². The number of pyridine rings is 1. The highest BCUT2D eigenvalue weighted by Gasteiger charge is 2.26. The fraction of sp³-hybridized carbons (Fsp3) is 0.308. The molecule has 3 aliphatic rings. The Labute approximate surface area is 193 Å². The Balaban J connectivity index is 1.26. The van der Waals surface area contributed by atoms with Crippen LogP contribution >= 0.6 is 0 Å². The van der Waals surface area contributed by atoms with E-state index in [2.05, 4.69) is 22.0 Å². The molecule has 1 unspecified atom stereocenters. The molecular formula is C26H27N3O4. The number of nitrogens with zero attached hydrogens (tertiary/aromatic N) is 3. The van der Waals surface area contributed by atoms with E-state index in [9.17, 15) is 4.79 Å². The van der Waals surface area contributed by atoms with Crippen LogP contribution in [0.2, 0.25) is 0 Å². The van der Waals surface area contributed by atoms with Gasteiger partial charge in [-0.3, -0.25) is 9.69 Å². The van der Waals surface area contributed by atoms with Crippen molar-refractivity contribution in [3.05, 3.63) is 89.8 Å². The van der Waals surface area contributed by atoms with Crippen molar-refractivity contribution in [2.75, 3.05) is 39.8 Å². The van der Waals surface area contributed by atoms with Crippen LogP contribution in [0.1, 0.15) is 22.5 Å². The minimum absolute atomic E-state index is 0.0333. The number of ether oxygens (including phenoxy) is 2. The number of fused-ring (bicyclic) bond motifs is 2. The first kappa shape index (κ1) is 21.4. The molecule has 1 amide bonds. The second-order valence-electron chi connectivity index (χ2n) is 8.19. The zero-order chi connectivity index (χ0) is 22.6. The lowest BCUT2D eigenvalue weighted by Gasteiger charge is -2.34. The molecule has 1 aliphatic carbocycles. The van der Waals surface area contributed by atoms with Crippen LogP contribution in [0.3, 0.4) is 0 Å². The number of allylic oxidation sites excluding steroid dienone is 4. The van der Waals surface area contributed by atoms with Crippen molar-refractivity contribution in [1.82, 2.24) is 14.8 Å². The second-order valence-corrected chi connectivity index (χ2v) is 8.19. The number of hydrogen-bond acceptors (Lipinski definition) is 6. The maximum absolute atomic E-state index is 12.5. The molecule has 5 rings (SSSR count). The number of rotatable bonds is 5. The summed E-state index contributed by atoms with van der Waals surface area (Å²) in [7, 11) is 1.70. The molecule has 0 N–H and O–H groups in total. The molecule has 7 heteroatoms. The quantitative estimate of drug-likeness (QED) is 0.699. The Morgan fingerprint density at radius 2 is 2.12 bits per heavy atom. The van der Waals surface area contributed by atoms with Gasteiger partial charge in [0, 0.05) is 57.2 Å². The van der Waals surface area contributed by atoms with Gasteiger partial charge < -0.3 is 18.8 Å². The third-order valence-corrected chi connectivity index (χ3v) is 6.18. The first-order valence-electron chi connectivity index (χ1n) is 11.2. The van der Waals surface area contributed by atoms with Crippen molar-refractivity contribution in [2.24, 2.45) is 0 Å². The molecule has 0 bridgehead atoms. The van der Waals surface area contributed by atoms with E-state index in [0.29, 0.717) is 24.7 Å². The van der Waals surface area contributed by atoms with Crippen molar-refractivity contribution < 1.29 is 18.7 Å². The van der Waals surface area contributed by atoms with Crippen molar-refractivity contribution in [3.8, 4) is 5.88 Å². The van der Waals surface area contributed by atoms with Crippen LogP contribution in [0.25, 0.3) is 5.57 Å². The number of furan rings is 1. The average Bonchev–Trinajstić information content (AvgIpc) is 3.34. The third-order valence-electron chi connectivity index (χ3n) is 6.18. The van der Waals surface area contributed by atoms with Gasteiger partial charge in [0.25, 0.3) is 5.91 Å². The molecule has 1 saturated heterocycles. The van der Waals surface area contributed by atoms with Gasteiger partial charge in [-0.15, -0.1) is 0 Å². The Hall–Kier alpha value is -3.42. The van der Waals surface area contributed by atoms with Crippen LogP contribution in [0, 0.1) is 0 Å².